The maximum absolute atomic E-state index is 14.7. The Bertz CT molecular complexity index is 1400. The molecule has 2 aromatic heterocycles. The summed E-state index contributed by atoms with van der Waals surface area (Å²) in [4.78, 5) is 16.6. The Labute approximate surface area is 272 Å². The number of benzene rings is 1. The van der Waals surface area contributed by atoms with Crippen LogP contribution in [0.15, 0.2) is 24.4 Å². The van der Waals surface area contributed by atoms with Crippen LogP contribution in [0.1, 0.15) is 97.4 Å². The van der Waals surface area contributed by atoms with E-state index in [4.69, 9.17) is 14.7 Å². The molecule has 0 unspecified atom stereocenters. The topological polar surface area (TPSA) is 100 Å². The van der Waals surface area contributed by atoms with Crippen molar-refractivity contribution in [1.82, 2.24) is 24.4 Å². The molecule has 1 aromatic carbocycles. The monoisotopic (exact) mass is 641 g/mol. The molecule has 3 N–H and O–H groups in total. The molecule has 9 nitrogen and oxygen atoms in total. The Hall–Kier alpha value is -2.89. The van der Waals surface area contributed by atoms with Crippen molar-refractivity contribution in [2.24, 2.45) is 11.8 Å². The van der Waals surface area contributed by atoms with Gasteiger partial charge in [0.15, 0.2) is 5.65 Å². The van der Waals surface area contributed by atoms with Crippen LogP contribution in [-0.2, 0) is 4.74 Å². The van der Waals surface area contributed by atoms with Gasteiger partial charge in [-0.05, 0) is 109 Å². The van der Waals surface area contributed by atoms with E-state index in [1.807, 2.05) is 13.8 Å². The first-order valence-electron chi connectivity index (χ1n) is 17.3. The summed E-state index contributed by atoms with van der Waals surface area (Å²) in [5, 5.41) is 17.1. The van der Waals surface area contributed by atoms with Crippen molar-refractivity contribution >= 4 is 28.7 Å². The minimum atomic E-state index is -0.675. The third kappa shape index (κ3) is 9.13. The van der Waals surface area contributed by atoms with Crippen LogP contribution in [0.4, 0.5) is 26.4 Å². The van der Waals surface area contributed by atoms with Crippen LogP contribution in [0.25, 0.3) is 11.2 Å². The summed E-state index contributed by atoms with van der Waals surface area (Å²) in [5.74, 6) is 0.496. The van der Waals surface area contributed by atoms with E-state index in [1.54, 1.807) is 6.20 Å². The van der Waals surface area contributed by atoms with E-state index in [1.165, 1.54) is 31.4 Å². The van der Waals surface area contributed by atoms with Crippen molar-refractivity contribution in [1.29, 1.82) is 0 Å². The first-order chi connectivity index (χ1) is 22.1. The van der Waals surface area contributed by atoms with Crippen LogP contribution in [0.3, 0.4) is 0 Å². The fraction of sp³-hybridized carbons (Fsp3) is 0.686. The third-order valence-electron chi connectivity index (χ3n) is 9.97. The largest absolute Gasteiger partial charge is 0.390 e. The number of nitrogens with zero attached hydrogens (tertiary/aromatic N) is 5. The number of fused-ring (bicyclic) bond motifs is 1. The van der Waals surface area contributed by atoms with E-state index < -0.39 is 17.2 Å². The quantitative estimate of drug-likeness (QED) is 0.147. The number of ether oxygens (including phenoxy) is 1. The number of likely N-dealkylation sites (N-methyl/N-ethyl adjacent to an activating group) is 1. The Kier molecular flexibility index (Phi) is 11.8. The first kappa shape index (κ1) is 34.4. The second-order valence-corrected chi connectivity index (χ2v) is 14.1. The number of aliphatic hydroxyl groups is 1. The molecule has 0 amide bonds. The highest BCUT2D eigenvalue weighted by molar-refractivity contribution is 5.76. The van der Waals surface area contributed by atoms with Gasteiger partial charge >= 0.3 is 0 Å². The maximum atomic E-state index is 14.7. The van der Waals surface area contributed by atoms with Crippen molar-refractivity contribution in [3.63, 3.8) is 0 Å². The Balaban J connectivity index is 1.26. The molecule has 0 radical (unpaired) electrons. The normalized spacial score (nSPS) is 22.4. The highest BCUT2D eigenvalue weighted by atomic mass is 19.1. The second kappa shape index (κ2) is 15.8. The lowest BCUT2D eigenvalue weighted by Gasteiger charge is -2.36. The average molecular weight is 642 g/mol. The van der Waals surface area contributed by atoms with E-state index in [9.17, 15) is 13.9 Å². The molecule has 0 aliphatic heterocycles. The van der Waals surface area contributed by atoms with Crippen LogP contribution in [0, 0.1) is 23.5 Å². The lowest BCUT2D eigenvalue weighted by atomic mass is 9.77. The minimum absolute atomic E-state index is 0.113. The van der Waals surface area contributed by atoms with Crippen molar-refractivity contribution < 1.29 is 18.6 Å². The van der Waals surface area contributed by atoms with Crippen LogP contribution in [0.5, 0.6) is 0 Å². The molecular weight excluding hydrogens is 588 g/mol. The first-order valence-corrected chi connectivity index (χ1v) is 17.3. The molecule has 2 saturated carbocycles. The molecular formula is C35H53F2N7O2. The Morgan fingerprint density at radius 2 is 1.78 bits per heavy atom. The van der Waals surface area contributed by atoms with E-state index >= 15 is 0 Å². The van der Waals surface area contributed by atoms with Gasteiger partial charge in [-0.1, -0.05) is 19.8 Å². The molecule has 0 spiro atoms. The summed E-state index contributed by atoms with van der Waals surface area (Å²) in [6.45, 7) is 9.59. The third-order valence-corrected chi connectivity index (χ3v) is 9.97. The number of nitrogens with one attached hydrogen (secondary N) is 2. The highest BCUT2D eigenvalue weighted by Crippen LogP contribution is 2.38. The molecule has 0 bridgehead atoms. The van der Waals surface area contributed by atoms with Crippen LogP contribution in [0.2, 0.25) is 0 Å². The minimum Gasteiger partial charge on any atom is -0.390 e. The van der Waals surface area contributed by atoms with E-state index in [2.05, 4.69) is 39.1 Å². The zero-order valence-electron chi connectivity index (χ0n) is 28.1. The molecule has 11 heteroatoms. The SMILES string of the molecule is CCCCCN(C)CCOCC1CCC(n2c(Nc3ccc(F)cc3F)nc3cnc(NC4CCC(C(C)(C)O)CC4)nc32)CC1. The zero-order valence-corrected chi connectivity index (χ0v) is 28.1. The van der Waals surface area contributed by atoms with Crippen molar-refractivity contribution in [2.45, 2.75) is 109 Å². The van der Waals surface area contributed by atoms with Crippen LogP contribution >= 0.6 is 0 Å². The molecule has 0 atom stereocenters. The van der Waals surface area contributed by atoms with Gasteiger partial charge in [-0.3, -0.25) is 4.57 Å². The van der Waals surface area contributed by atoms with E-state index in [-0.39, 0.29) is 23.7 Å². The van der Waals surface area contributed by atoms with Gasteiger partial charge in [-0.2, -0.15) is 4.98 Å². The molecule has 2 aliphatic carbocycles. The van der Waals surface area contributed by atoms with E-state index in [0.717, 1.165) is 83.7 Å². The van der Waals surface area contributed by atoms with Crippen LogP contribution in [-0.4, -0.2) is 74.5 Å². The number of unbranched alkanes of at least 4 members (excludes halogenated alkanes) is 2. The van der Waals surface area contributed by atoms with Gasteiger partial charge in [0.05, 0.1) is 24.1 Å². The summed E-state index contributed by atoms with van der Waals surface area (Å²) < 4.78 is 36.5. The van der Waals surface area contributed by atoms with Gasteiger partial charge in [0.25, 0.3) is 0 Å². The lowest BCUT2D eigenvalue weighted by molar-refractivity contribution is -0.000415. The van der Waals surface area contributed by atoms with Gasteiger partial charge in [-0.15, -0.1) is 0 Å². The van der Waals surface area contributed by atoms with Gasteiger partial charge < -0.3 is 25.4 Å². The van der Waals surface area contributed by atoms with Gasteiger partial charge in [0.2, 0.25) is 11.9 Å². The average Bonchev–Trinajstić information content (AvgIpc) is 3.38. The Morgan fingerprint density at radius 3 is 2.48 bits per heavy atom. The Morgan fingerprint density at radius 1 is 1.02 bits per heavy atom. The molecule has 46 heavy (non-hydrogen) atoms. The molecule has 3 aromatic rings. The molecule has 254 valence electrons. The predicted molar refractivity (Wildman–Crippen MR) is 179 cm³/mol. The summed E-state index contributed by atoms with van der Waals surface area (Å²) in [6.07, 6.45) is 13.1. The second-order valence-electron chi connectivity index (χ2n) is 14.1. The van der Waals surface area contributed by atoms with Gasteiger partial charge in [0.1, 0.15) is 17.2 Å². The summed E-state index contributed by atoms with van der Waals surface area (Å²) in [6, 6.07) is 3.85. The number of hydrogen-bond acceptors (Lipinski definition) is 8. The fourth-order valence-corrected chi connectivity index (χ4v) is 7.02. The van der Waals surface area contributed by atoms with Crippen molar-refractivity contribution in [3.8, 4) is 0 Å². The predicted octanol–water partition coefficient (Wildman–Crippen LogP) is 7.46. The molecule has 5 rings (SSSR count). The van der Waals surface area contributed by atoms with Crippen molar-refractivity contribution in [3.05, 3.63) is 36.0 Å². The lowest BCUT2D eigenvalue weighted by Crippen LogP contribution is -2.37. The highest BCUT2D eigenvalue weighted by Gasteiger charge is 2.32. The zero-order chi connectivity index (χ0) is 32.7. The van der Waals surface area contributed by atoms with Crippen molar-refractivity contribution in [2.75, 3.05) is 44.0 Å². The summed E-state index contributed by atoms with van der Waals surface area (Å²) >= 11 is 0. The summed E-state index contributed by atoms with van der Waals surface area (Å²) in [5.41, 5.74) is 0.804. The maximum Gasteiger partial charge on any atom is 0.224 e. The number of hydrogen-bond donors (Lipinski definition) is 3. The molecule has 2 heterocycles. The molecule has 0 saturated heterocycles. The van der Waals surface area contributed by atoms with Gasteiger partial charge in [-0.25, -0.2) is 18.7 Å². The van der Waals surface area contributed by atoms with E-state index in [0.29, 0.717) is 29.0 Å². The number of anilines is 3. The number of aromatic nitrogens is 4. The standard InChI is InChI=1S/C35H53F2N7O2/c1-5-6-7-18-43(4)19-20-46-23-24-8-15-28(16-9-24)44-32-31(41-34(44)40-30-17-12-26(36)21-29(30)37)22-38-33(42-32)39-27-13-10-25(11-14-27)35(2,3)45/h12,17,21-22,24-25,27-28,45H,5-11,13-16,18-20,23H2,1-4H3,(H,40,41)(H,38,39,42). The number of rotatable bonds is 15. The number of imidazole rings is 1. The smallest absolute Gasteiger partial charge is 0.224 e. The molecule has 2 fully saturated rings. The van der Waals surface area contributed by atoms with Gasteiger partial charge in [0, 0.05) is 31.3 Å². The number of halogens is 2. The summed E-state index contributed by atoms with van der Waals surface area (Å²) in [7, 11) is 2.16. The molecule has 2 aliphatic rings. The van der Waals surface area contributed by atoms with Crippen LogP contribution < -0.4 is 10.6 Å². The fourth-order valence-electron chi connectivity index (χ4n) is 7.02.